The third kappa shape index (κ3) is 3.99. The molecule has 22 heavy (non-hydrogen) atoms. The molecule has 0 unspecified atom stereocenters. The molecule has 6 nitrogen and oxygen atoms in total. The van der Waals surface area contributed by atoms with Crippen molar-refractivity contribution in [2.75, 3.05) is 30.6 Å². The zero-order valence-corrected chi connectivity index (χ0v) is 13.1. The molecule has 0 aliphatic carbocycles. The number of allylic oxidation sites excluding steroid dienone is 1. The number of benzene rings is 1. The molecule has 6 heteroatoms. The Balaban J connectivity index is 2.36. The molecule has 1 aromatic carbocycles. The van der Waals surface area contributed by atoms with E-state index in [4.69, 9.17) is 10.6 Å². The molecule has 0 spiro atoms. The Morgan fingerprint density at radius 1 is 1.50 bits per heavy atom. The molecule has 0 saturated heterocycles. The third-order valence-electron chi connectivity index (χ3n) is 3.40. The van der Waals surface area contributed by atoms with Gasteiger partial charge in [0.15, 0.2) is 0 Å². The summed E-state index contributed by atoms with van der Waals surface area (Å²) in [5.41, 5.74) is 11.7. The van der Waals surface area contributed by atoms with E-state index in [2.05, 4.69) is 15.8 Å². The van der Waals surface area contributed by atoms with Crippen molar-refractivity contribution in [3.63, 3.8) is 0 Å². The van der Waals surface area contributed by atoms with Gasteiger partial charge in [0.25, 0.3) is 0 Å². The lowest BCUT2D eigenvalue weighted by atomic mass is 10.0. The van der Waals surface area contributed by atoms with Gasteiger partial charge in [-0.05, 0) is 26.3 Å². The molecule has 1 aliphatic heterocycles. The van der Waals surface area contributed by atoms with Crippen molar-refractivity contribution in [2.24, 2.45) is 10.7 Å². The zero-order valence-electron chi connectivity index (χ0n) is 13.1. The minimum atomic E-state index is -0.535. The first-order valence-electron chi connectivity index (χ1n) is 7.40. The molecule has 0 fully saturated rings. The third-order valence-corrected chi connectivity index (χ3v) is 3.40. The number of hydrogen-bond donors (Lipinski definition) is 4. The average Bonchev–Trinajstić information content (AvgIpc) is 2.48. The Morgan fingerprint density at radius 2 is 2.32 bits per heavy atom. The maximum Gasteiger partial charge on any atom is 0.0842 e. The van der Waals surface area contributed by atoms with E-state index in [9.17, 15) is 5.11 Å². The summed E-state index contributed by atoms with van der Waals surface area (Å²) in [6, 6.07) is 5.86. The monoisotopic (exact) mass is 304 g/mol. The van der Waals surface area contributed by atoms with Crippen LogP contribution in [0.25, 0.3) is 5.57 Å². The van der Waals surface area contributed by atoms with E-state index in [0.29, 0.717) is 6.61 Å². The number of rotatable bonds is 4. The second kappa shape index (κ2) is 7.29. The second-order valence-electron chi connectivity index (χ2n) is 5.81. The molecule has 0 amide bonds. The van der Waals surface area contributed by atoms with Gasteiger partial charge in [0.05, 0.1) is 30.1 Å². The number of para-hydroxylation sites is 1. The SMILES string of the molecule is CC(C)(CO)N=CC(=CN)c1cccc2c1NCCCON2. The van der Waals surface area contributed by atoms with E-state index in [1.54, 1.807) is 6.21 Å². The minimum absolute atomic E-state index is 0.0259. The molecule has 2 rings (SSSR count). The summed E-state index contributed by atoms with van der Waals surface area (Å²) in [5.74, 6) is 0. The highest BCUT2D eigenvalue weighted by Gasteiger charge is 2.16. The second-order valence-corrected chi connectivity index (χ2v) is 5.81. The maximum absolute atomic E-state index is 9.31. The predicted octanol–water partition coefficient (Wildman–Crippen LogP) is 1.99. The Bertz CT molecular complexity index is 567. The Morgan fingerprint density at radius 3 is 3.05 bits per heavy atom. The standard InChI is InChI=1S/C16H24N4O2/c1-16(2,11-21)19-10-12(9-17)13-5-3-6-14-15(13)18-7-4-8-22-20-14/h3,5-6,9-10,18,20-21H,4,7-8,11,17H2,1-2H3. The fourth-order valence-electron chi connectivity index (χ4n) is 2.04. The van der Waals surface area contributed by atoms with Gasteiger partial charge in [0.2, 0.25) is 0 Å². The van der Waals surface area contributed by atoms with Crippen LogP contribution in [-0.2, 0) is 4.84 Å². The first-order chi connectivity index (χ1) is 10.6. The highest BCUT2D eigenvalue weighted by Crippen LogP contribution is 2.31. The van der Waals surface area contributed by atoms with Crippen molar-refractivity contribution in [2.45, 2.75) is 25.8 Å². The molecule has 0 atom stereocenters. The summed E-state index contributed by atoms with van der Waals surface area (Å²) in [6.45, 7) is 5.18. The Hall–Kier alpha value is -2.05. The van der Waals surface area contributed by atoms with Crippen molar-refractivity contribution in [3.05, 3.63) is 30.0 Å². The van der Waals surface area contributed by atoms with E-state index < -0.39 is 5.54 Å². The van der Waals surface area contributed by atoms with Gasteiger partial charge < -0.3 is 16.2 Å². The van der Waals surface area contributed by atoms with Gasteiger partial charge in [-0.2, -0.15) is 0 Å². The van der Waals surface area contributed by atoms with E-state index in [-0.39, 0.29) is 6.61 Å². The van der Waals surface area contributed by atoms with Gasteiger partial charge in [0.1, 0.15) is 0 Å². The van der Waals surface area contributed by atoms with Crippen molar-refractivity contribution in [3.8, 4) is 0 Å². The van der Waals surface area contributed by atoms with E-state index >= 15 is 0 Å². The van der Waals surface area contributed by atoms with Gasteiger partial charge in [-0.3, -0.25) is 15.3 Å². The number of nitrogens with zero attached hydrogens (tertiary/aromatic N) is 1. The number of nitrogens with one attached hydrogen (secondary N) is 2. The van der Waals surface area contributed by atoms with Crippen molar-refractivity contribution < 1.29 is 9.94 Å². The van der Waals surface area contributed by atoms with Crippen molar-refractivity contribution in [1.82, 2.24) is 0 Å². The lowest BCUT2D eigenvalue weighted by Crippen LogP contribution is -2.22. The van der Waals surface area contributed by atoms with Crippen LogP contribution in [0.4, 0.5) is 11.4 Å². The molecule has 1 aromatic rings. The van der Waals surface area contributed by atoms with Crippen LogP contribution in [0.2, 0.25) is 0 Å². The molecule has 5 N–H and O–H groups in total. The normalized spacial score (nSPS) is 16.4. The highest BCUT2D eigenvalue weighted by atomic mass is 16.6. The largest absolute Gasteiger partial charge is 0.404 e. The number of anilines is 2. The summed E-state index contributed by atoms with van der Waals surface area (Å²) in [4.78, 5) is 9.80. The quantitative estimate of drug-likeness (QED) is 0.639. The first-order valence-corrected chi connectivity index (χ1v) is 7.40. The lowest BCUT2D eigenvalue weighted by Gasteiger charge is -2.21. The summed E-state index contributed by atoms with van der Waals surface area (Å²) in [5, 5.41) is 12.7. The number of aliphatic imine (C=N–C) groups is 1. The van der Waals surface area contributed by atoms with E-state index in [1.807, 2.05) is 32.0 Å². The average molecular weight is 304 g/mol. The minimum Gasteiger partial charge on any atom is -0.404 e. The summed E-state index contributed by atoms with van der Waals surface area (Å²) in [6.07, 6.45) is 4.13. The predicted molar refractivity (Wildman–Crippen MR) is 90.9 cm³/mol. The fraction of sp³-hybridized carbons (Fsp3) is 0.438. The summed E-state index contributed by atoms with van der Waals surface area (Å²) < 4.78 is 0. The number of fused-ring (bicyclic) bond motifs is 1. The van der Waals surface area contributed by atoms with Crippen LogP contribution in [-0.4, -0.2) is 36.6 Å². The fourth-order valence-corrected chi connectivity index (χ4v) is 2.04. The summed E-state index contributed by atoms with van der Waals surface area (Å²) in [7, 11) is 0. The molecule has 0 saturated carbocycles. The van der Waals surface area contributed by atoms with Gasteiger partial charge in [-0.25, -0.2) is 0 Å². The van der Waals surface area contributed by atoms with Crippen LogP contribution in [0.3, 0.4) is 0 Å². The van der Waals surface area contributed by atoms with Gasteiger partial charge >= 0.3 is 0 Å². The van der Waals surface area contributed by atoms with Crippen molar-refractivity contribution >= 4 is 23.2 Å². The van der Waals surface area contributed by atoms with Crippen LogP contribution >= 0.6 is 0 Å². The number of nitrogens with two attached hydrogens (primary N) is 1. The number of hydrogen-bond acceptors (Lipinski definition) is 6. The Kier molecular flexibility index (Phi) is 5.41. The molecular formula is C16H24N4O2. The molecule has 0 radical (unpaired) electrons. The molecule has 0 aromatic heterocycles. The molecule has 1 aliphatic rings. The lowest BCUT2D eigenvalue weighted by molar-refractivity contribution is 0.191. The number of aliphatic hydroxyl groups excluding tert-OH is 1. The molecule has 0 bridgehead atoms. The van der Waals surface area contributed by atoms with Crippen LogP contribution < -0.4 is 16.5 Å². The van der Waals surface area contributed by atoms with Crippen LogP contribution in [0.1, 0.15) is 25.8 Å². The maximum atomic E-state index is 9.31. The highest BCUT2D eigenvalue weighted by molar-refractivity contribution is 6.12. The van der Waals surface area contributed by atoms with E-state index in [1.165, 1.54) is 6.20 Å². The van der Waals surface area contributed by atoms with Crippen LogP contribution in [0.5, 0.6) is 0 Å². The number of aliphatic hydroxyl groups is 1. The first kappa shape index (κ1) is 16.3. The molecule has 120 valence electrons. The topological polar surface area (TPSA) is 91.9 Å². The van der Waals surface area contributed by atoms with Gasteiger partial charge in [-0.1, -0.05) is 12.1 Å². The van der Waals surface area contributed by atoms with Crippen molar-refractivity contribution in [1.29, 1.82) is 0 Å². The molecule has 1 heterocycles. The zero-order chi connectivity index (χ0) is 16.0. The Labute approximate surface area is 131 Å². The van der Waals surface area contributed by atoms with Gasteiger partial charge in [-0.15, -0.1) is 0 Å². The van der Waals surface area contributed by atoms with E-state index in [0.717, 1.165) is 35.5 Å². The van der Waals surface area contributed by atoms with Gasteiger partial charge in [0, 0.05) is 30.1 Å². The smallest absolute Gasteiger partial charge is 0.0842 e. The van der Waals surface area contributed by atoms with Crippen LogP contribution in [0.15, 0.2) is 29.4 Å². The summed E-state index contributed by atoms with van der Waals surface area (Å²) >= 11 is 0. The molecular weight excluding hydrogens is 280 g/mol. The van der Waals surface area contributed by atoms with Crippen LogP contribution in [0, 0.1) is 0 Å².